The van der Waals surface area contributed by atoms with E-state index in [4.69, 9.17) is 10.4 Å². The van der Waals surface area contributed by atoms with E-state index in [9.17, 15) is 4.79 Å². The molecule has 0 atom stereocenters. The van der Waals surface area contributed by atoms with Crippen LogP contribution in [-0.2, 0) is 4.79 Å². The molecular weight excluding hydrogens is 228 g/mol. The van der Waals surface area contributed by atoms with Crippen molar-refractivity contribution in [1.82, 2.24) is 0 Å². The molecule has 1 fully saturated rings. The summed E-state index contributed by atoms with van der Waals surface area (Å²) in [5.41, 5.74) is 2.73. The van der Waals surface area contributed by atoms with Crippen LogP contribution in [-0.4, -0.2) is 23.7 Å². The van der Waals surface area contributed by atoms with Gasteiger partial charge in [-0.2, -0.15) is 5.26 Å². The minimum Gasteiger partial charge on any atom is -0.481 e. The number of anilines is 1. The minimum absolute atomic E-state index is 0.149. The maximum atomic E-state index is 10.7. The van der Waals surface area contributed by atoms with Crippen LogP contribution in [0.5, 0.6) is 0 Å². The molecule has 0 aromatic heterocycles. The van der Waals surface area contributed by atoms with Gasteiger partial charge in [0.1, 0.15) is 0 Å². The van der Waals surface area contributed by atoms with Crippen LogP contribution in [0, 0.1) is 18.3 Å². The lowest BCUT2D eigenvalue weighted by Gasteiger charge is -2.25. The van der Waals surface area contributed by atoms with Gasteiger partial charge in [0.2, 0.25) is 0 Å². The fourth-order valence-corrected chi connectivity index (χ4v) is 2.15. The van der Waals surface area contributed by atoms with Crippen LogP contribution >= 0.6 is 0 Å². The zero-order valence-corrected chi connectivity index (χ0v) is 10.4. The zero-order chi connectivity index (χ0) is 13.1. The third-order valence-corrected chi connectivity index (χ3v) is 3.19. The molecule has 1 aromatic rings. The van der Waals surface area contributed by atoms with E-state index in [2.05, 4.69) is 11.0 Å². The Hall–Kier alpha value is -2.02. The van der Waals surface area contributed by atoms with Crippen molar-refractivity contribution in [3.8, 4) is 6.07 Å². The SMILES string of the molecule is Cc1cc(C#N)ccc1N(CCC(=O)O)C1CC1. The third-order valence-electron chi connectivity index (χ3n) is 3.19. The summed E-state index contributed by atoms with van der Waals surface area (Å²) in [5, 5.41) is 17.6. The van der Waals surface area contributed by atoms with E-state index in [1.807, 2.05) is 19.1 Å². The molecule has 1 aliphatic carbocycles. The van der Waals surface area contributed by atoms with Gasteiger partial charge in [-0.05, 0) is 43.5 Å². The van der Waals surface area contributed by atoms with Crippen molar-refractivity contribution >= 4 is 11.7 Å². The molecule has 18 heavy (non-hydrogen) atoms. The van der Waals surface area contributed by atoms with Crippen LogP contribution < -0.4 is 4.90 Å². The Labute approximate surface area is 106 Å². The monoisotopic (exact) mass is 244 g/mol. The molecule has 0 amide bonds. The summed E-state index contributed by atoms with van der Waals surface area (Å²) in [4.78, 5) is 12.9. The summed E-state index contributed by atoms with van der Waals surface area (Å²) in [5.74, 6) is -0.771. The van der Waals surface area contributed by atoms with E-state index in [-0.39, 0.29) is 6.42 Å². The number of rotatable bonds is 5. The number of carboxylic acids is 1. The second-order valence-electron chi connectivity index (χ2n) is 4.68. The Bertz CT molecular complexity index is 501. The fourth-order valence-electron chi connectivity index (χ4n) is 2.15. The second-order valence-corrected chi connectivity index (χ2v) is 4.68. The summed E-state index contributed by atoms with van der Waals surface area (Å²) in [6.07, 6.45) is 2.40. The predicted octanol–water partition coefficient (Wildman–Crippen LogP) is 2.31. The summed E-state index contributed by atoms with van der Waals surface area (Å²) in [6.45, 7) is 2.50. The van der Waals surface area contributed by atoms with E-state index in [0.717, 1.165) is 24.1 Å². The fraction of sp³-hybridized carbons (Fsp3) is 0.429. The lowest BCUT2D eigenvalue weighted by atomic mass is 10.1. The number of hydrogen-bond donors (Lipinski definition) is 1. The first-order chi connectivity index (χ1) is 8.61. The molecule has 0 saturated heterocycles. The molecule has 0 aliphatic heterocycles. The van der Waals surface area contributed by atoms with Crippen LogP contribution in [0.15, 0.2) is 18.2 Å². The van der Waals surface area contributed by atoms with E-state index in [1.165, 1.54) is 0 Å². The first kappa shape index (κ1) is 12.4. The normalized spacial score (nSPS) is 14.0. The van der Waals surface area contributed by atoms with Crippen LogP contribution in [0.25, 0.3) is 0 Å². The quantitative estimate of drug-likeness (QED) is 0.863. The number of hydrogen-bond acceptors (Lipinski definition) is 3. The van der Waals surface area contributed by atoms with Gasteiger partial charge < -0.3 is 10.0 Å². The standard InChI is InChI=1S/C14H16N2O2/c1-10-8-11(9-15)2-5-13(10)16(12-3-4-12)7-6-14(17)18/h2,5,8,12H,3-4,6-7H2,1H3,(H,17,18). The molecule has 0 unspecified atom stereocenters. The van der Waals surface area contributed by atoms with Crippen molar-refractivity contribution in [1.29, 1.82) is 5.26 Å². The number of aliphatic carboxylic acids is 1. The Morgan fingerprint density at radius 1 is 1.56 bits per heavy atom. The topological polar surface area (TPSA) is 64.3 Å². The Morgan fingerprint density at radius 2 is 2.28 bits per heavy atom. The van der Waals surface area contributed by atoms with Crippen molar-refractivity contribution in [2.24, 2.45) is 0 Å². The lowest BCUT2D eigenvalue weighted by Crippen LogP contribution is -2.29. The maximum Gasteiger partial charge on any atom is 0.305 e. The van der Waals surface area contributed by atoms with Crippen LogP contribution in [0.3, 0.4) is 0 Å². The Kier molecular flexibility index (Phi) is 3.52. The number of aryl methyl sites for hydroxylation is 1. The summed E-state index contributed by atoms with van der Waals surface area (Å²) in [6, 6.07) is 8.15. The maximum absolute atomic E-state index is 10.7. The number of nitrogens with zero attached hydrogens (tertiary/aromatic N) is 2. The van der Waals surface area contributed by atoms with Crippen LogP contribution in [0.4, 0.5) is 5.69 Å². The Morgan fingerprint density at radius 3 is 2.78 bits per heavy atom. The van der Waals surface area contributed by atoms with Crippen LogP contribution in [0.1, 0.15) is 30.4 Å². The number of benzene rings is 1. The van der Waals surface area contributed by atoms with E-state index in [0.29, 0.717) is 18.2 Å². The molecule has 4 heteroatoms. The molecule has 1 aromatic carbocycles. The van der Waals surface area contributed by atoms with Gasteiger partial charge in [-0.15, -0.1) is 0 Å². The predicted molar refractivity (Wildman–Crippen MR) is 68.5 cm³/mol. The second kappa shape index (κ2) is 5.09. The smallest absolute Gasteiger partial charge is 0.305 e. The Balaban J connectivity index is 2.20. The molecule has 0 heterocycles. The van der Waals surface area contributed by atoms with Crippen molar-refractivity contribution < 1.29 is 9.90 Å². The van der Waals surface area contributed by atoms with E-state index < -0.39 is 5.97 Å². The van der Waals surface area contributed by atoms with Gasteiger partial charge >= 0.3 is 5.97 Å². The summed E-state index contributed by atoms with van der Waals surface area (Å²) < 4.78 is 0. The molecule has 2 rings (SSSR count). The van der Waals surface area contributed by atoms with Gasteiger partial charge in [-0.1, -0.05) is 0 Å². The first-order valence-corrected chi connectivity index (χ1v) is 6.11. The minimum atomic E-state index is -0.771. The van der Waals surface area contributed by atoms with Crippen molar-refractivity contribution in [2.45, 2.75) is 32.2 Å². The van der Waals surface area contributed by atoms with Gasteiger partial charge in [0.05, 0.1) is 18.1 Å². The van der Waals surface area contributed by atoms with Crippen molar-refractivity contribution in [3.05, 3.63) is 29.3 Å². The zero-order valence-electron chi connectivity index (χ0n) is 10.4. The highest BCUT2D eigenvalue weighted by Crippen LogP contribution is 2.33. The largest absolute Gasteiger partial charge is 0.481 e. The summed E-state index contributed by atoms with van der Waals surface area (Å²) in [7, 11) is 0. The van der Waals surface area contributed by atoms with Gasteiger partial charge in [0, 0.05) is 18.3 Å². The number of carbonyl (C=O) groups is 1. The molecule has 0 radical (unpaired) electrons. The van der Waals surface area contributed by atoms with Crippen molar-refractivity contribution in [3.63, 3.8) is 0 Å². The van der Waals surface area contributed by atoms with Crippen molar-refractivity contribution in [2.75, 3.05) is 11.4 Å². The molecule has 4 nitrogen and oxygen atoms in total. The van der Waals surface area contributed by atoms with E-state index >= 15 is 0 Å². The molecule has 1 N–H and O–H groups in total. The molecule has 1 saturated carbocycles. The molecular formula is C14H16N2O2. The average molecular weight is 244 g/mol. The van der Waals surface area contributed by atoms with Crippen LogP contribution in [0.2, 0.25) is 0 Å². The highest BCUT2D eigenvalue weighted by Gasteiger charge is 2.30. The molecule has 1 aliphatic rings. The van der Waals surface area contributed by atoms with Gasteiger partial charge in [-0.3, -0.25) is 4.79 Å². The third kappa shape index (κ3) is 2.80. The van der Waals surface area contributed by atoms with E-state index in [1.54, 1.807) is 6.07 Å². The average Bonchev–Trinajstić information content (AvgIpc) is 3.15. The summed E-state index contributed by atoms with van der Waals surface area (Å²) >= 11 is 0. The number of nitriles is 1. The molecule has 94 valence electrons. The highest BCUT2D eigenvalue weighted by atomic mass is 16.4. The first-order valence-electron chi connectivity index (χ1n) is 6.11. The lowest BCUT2D eigenvalue weighted by molar-refractivity contribution is -0.136. The van der Waals surface area contributed by atoms with Gasteiger partial charge in [-0.25, -0.2) is 0 Å². The highest BCUT2D eigenvalue weighted by molar-refractivity contribution is 5.68. The van der Waals surface area contributed by atoms with Gasteiger partial charge in [0.15, 0.2) is 0 Å². The molecule has 0 spiro atoms. The number of carboxylic acid groups (broad SMARTS) is 1. The van der Waals surface area contributed by atoms with Gasteiger partial charge in [0.25, 0.3) is 0 Å². The molecule has 0 bridgehead atoms.